The van der Waals surface area contributed by atoms with Crippen molar-refractivity contribution in [1.82, 2.24) is 0 Å². The fraction of sp³-hybridized carbons (Fsp3) is 0.600. The number of rotatable bonds is 2. The fourth-order valence-electron chi connectivity index (χ4n) is 0.203. The van der Waals surface area contributed by atoms with Crippen molar-refractivity contribution >= 4 is 12.9 Å². The van der Waals surface area contributed by atoms with Crippen LogP contribution in [0.15, 0.2) is 0 Å². The Morgan fingerprint density at radius 3 is 2.22 bits per heavy atom. The number of amides is 1. The van der Waals surface area contributed by atoms with Crippen LogP contribution >= 0.6 is 0 Å². The van der Waals surface area contributed by atoms with Crippen molar-refractivity contribution in [3.8, 4) is 0 Å². The molecule has 0 saturated carbocycles. The summed E-state index contributed by atoms with van der Waals surface area (Å²) in [6, 6.07) is 0. The first-order valence-corrected chi connectivity index (χ1v) is 2.48. The van der Waals surface area contributed by atoms with Crippen LogP contribution in [-0.2, 0) is 9.53 Å². The van der Waals surface area contributed by atoms with E-state index >= 15 is 0 Å². The van der Waals surface area contributed by atoms with Crippen LogP contribution in [0.3, 0.4) is 0 Å². The maximum atomic E-state index is 9.76. The van der Waals surface area contributed by atoms with Crippen molar-refractivity contribution < 1.29 is 14.3 Å². The van der Waals surface area contributed by atoms with Crippen LogP contribution < -0.4 is 5.73 Å². The van der Waals surface area contributed by atoms with Gasteiger partial charge >= 0.3 is 6.09 Å². The zero-order valence-corrected chi connectivity index (χ0v) is 5.42. The summed E-state index contributed by atoms with van der Waals surface area (Å²) in [5.74, 6) is 0. The van der Waals surface area contributed by atoms with Gasteiger partial charge in [0.1, 0.15) is 6.79 Å². The molecule has 0 spiro atoms. The first-order valence-electron chi connectivity index (χ1n) is 2.48. The van der Waals surface area contributed by atoms with Crippen molar-refractivity contribution in [2.45, 2.75) is 13.3 Å². The van der Waals surface area contributed by atoms with Crippen molar-refractivity contribution in [1.29, 1.82) is 0 Å². The predicted octanol–water partition coefficient (Wildman–Crippen LogP) is 0.307. The average molecular weight is 133 g/mol. The van der Waals surface area contributed by atoms with E-state index in [4.69, 9.17) is 4.79 Å². The molecule has 0 heterocycles. The molecule has 0 rings (SSSR count). The third-order valence-electron chi connectivity index (χ3n) is 0.448. The van der Waals surface area contributed by atoms with Crippen molar-refractivity contribution in [3.05, 3.63) is 0 Å². The minimum atomic E-state index is -0.693. The third-order valence-corrected chi connectivity index (χ3v) is 0.448. The first kappa shape index (κ1) is 10.8. The highest BCUT2D eigenvalue weighted by Gasteiger charge is 1.86. The highest BCUT2D eigenvalue weighted by molar-refractivity contribution is 5.64. The number of hydrogen-bond donors (Lipinski definition) is 1. The van der Waals surface area contributed by atoms with E-state index < -0.39 is 6.09 Å². The zero-order valence-electron chi connectivity index (χ0n) is 5.42. The van der Waals surface area contributed by atoms with Gasteiger partial charge in [0, 0.05) is 0 Å². The quantitative estimate of drug-likeness (QED) is 0.589. The van der Waals surface area contributed by atoms with Gasteiger partial charge in [-0.1, -0.05) is 6.92 Å². The van der Waals surface area contributed by atoms with E-state index in [-0.39, 0.29) is 0 Å². The SMILES string of the molecule is C=O.CCCOC(N)=O. The van der Waals surface area contributed by atoms with Gasteiger partial charge in [0.2, 0.25) is 0 Å². The summed E-state index contributed by atoms with van der Waals surface area (Å²) in [6.45, 7) is 4.33. The average Bonchev–Trinajstić information content (AvgIpc) is 1.88. The molecule has 0 aliphatic heterocycles. The Morgan fingerprint density at radius 2 is 2.11 bits per heavy atom. The lowest BCUT2D eigenvalue weighted by Crippen LogP contribution is -2.12. The highest BCUT2D eigenvalue weighted by atomic mass is 16.5. The normalized spacial score (nSPS) is 6.78. The van der Waals surface area contributed by atoms with Crippen LogP contribution in [0, 0.1) is 0 Å². The molecule has 0 atom stereocenters. The minimum Gasteiger partial charge on any atom is -0.450 e. The summed E-state index contributed by atoms with van der Waals surface area (Å²) in [6.07, 6.45) is 0.130. The molecule has 54 valence electrons. The summed E-state index contributed by atoms with van der Waals surface area (Å²) in [4.78, 5) is 17.8. The second-order valence-corrected chi connectivity index (χ2v) is 1.17. The van der Waals surface area contributed by atoms with Gasteiger partial charge in [0.15, 0.2) is 0 Å². The first-order chi connectivity index (χ1) is 4.27. The molecule has 0 aromatic heterocycles. The molecule has 0 radical (unpaired) electrons. The van der Waals surface area contributed by atoms with Gasteiger partial charge in [-0.15, -0.1) is 0 Å². The fourth-order valence-corrected chi connectivity index (χ4v) is 0.203. The van der Waals surface area contributed by atoms with Gasteiger partial charge in [0.25, 0.3) is 0 Å². The highest BCUT2D eigenvalue weighted by Crippen LogP contribution is 1.76. The lowest BCUT2D eigenvalue weighted by atomic mass is 10.5. The molecule has 9 heavy (non-hydrogen) atoms. The summed E-state index contributed by atoms with van der Waals surface area (Å²) in [5, 5.41) is 0. The topological polar surface area (TPSA) is 69.4 Å². The van der Waals surface area contributed by atoms with Crippen LogP contribution in [0.1, 0.15) is 13.3 Å². The zero-order chi connectivity index (χ0) is 7.70. The number of carbonyl (C=O) groups excluding carboxylic acids is 2. The molecule has 0 aliphatic rings. The summed E-state index contributed by atoms with van der Waals surface area (Å²) in [7, 11) is 0. The standard InChI is InChI=1S/C4H9NO2.CH2O/c1-2-3-7-4(5)6;1-2/h2-3H2,1H3,(H2,5,6);1H2. The Labute approximate surface area is 54.0 Å². The number of hydrogen-bond acceptors (Lipinski definition) is 3. The molecule has 4 nitrogen and oxygen atoms in total. The third kappa shape index (κ3) is 19.6. The molecular weight excluding hydrogens is 122 g/mol. The number of nitrogens with two attached hydrogens (primary N) is 1. The number of carbonyl (C=O) groups is 2. The van der Waals surface area contributed by atoms with Crippen molar-refractivity contribution in [3.63, 3.8) is 0 Å². The Bertz CT molecular complexity index is 74.6. The maximum absolute atomic E-state index is 9.76. The molecule has 2 N–H and O–H groups in total. The Balaban J connectivity index is 0. The summed E-state index contributed by atoms with van der Waals surface area (Å²) in [5.41, 5.74) is 4.62. The largest absolute Gasteiger partial charge is 0.450 e. The van der Waals surface area contributed by atoms with Crippen LogP contribution in [0.4, 0.5) is 4.79 Å². The van der Waals surface area contributed by atoms with E-state index in [1.165, 1.54) is 0 Å². The Kier molecular flexibility index (Phi) is 12.1. The van der Waals surface area contributed by atoms with Gasteiger partial charge in [0.05, 0.1) is 6.61 Å². The molecule has 4 heteroatoms. The van der Waals surface area contributed by atoms with Crippen LogP contribution in [0.25, 0.3) is 0 Å². The van der Waals surface area contributed by atoms with Crippen molar-refractivity contribution in [2.24, 2.45) is 5.73 Å². The van der Waals surface area contributed by atoms with E-state index in [1.54, 1.807) is 0 Å². The summed E-state index contributed by atoms with van der Waals surface area (Å²) >= 11 is 0. The molecule has 0 unspecified atom stereocenters. The van der Waals surface area contributed by atoms with Crippen LogP contribution in [-0.4, -0.2) is 19.5 Å². The molecule has 0 saturated heterocycles. The second-order valence-electron chi connectivity index (χ2n) is 1.17. The lowest BCUT2D eigenvalue weighted by Gasteiger charge is -1.93. The van der Waals surface area contributed by atoms with Gasteiger partial charge in [-0.3, -0.25) is 0 Å². The van der Waals surface area contributed by atoms with E-state index in [1.807, 2.05) is 13.7 Å². The molecule has 0 bridgehead atoms. The second kappa shape index (κ2) is 10.0. The van der Waals surface area contributed by atoms with E-state index in [2.05, 4.69) is 10.5 Å². The van der Waals surface area contributed by atoms with Crippen LogP contribution in [0.5, 0.6) is 0 Å². The summed E-state index contributed by atoms with van der Waals surface area (Å²) < 4.78 is 4.33. The molecule has 1 amide bonds. The number of primary amides is 1. The monoisotopic (exact) mass is 133 g/mol. The smallest absolute Gasteiger partial charge is 0.404 e. The van der Waals surface area contributed by atoms with Gasteiger partial charge in [-0.2, -0.15) is 0 Å². The molecule has 0 aliphatic carbocycles. The van der Waals surface area contributed by atoms with Crippen molar-refractivity contribution in [2.75, 3.05) is 6.61 Å². The van der Waals surface area contributed by atoms with Gasteiger partial charge < -0.3 is 15.3 Å². The van der Waals surface area contributed by atoms with E-state index in [0.717, 1.165) is 6.42 Å². The van der Waals surface area contributed by atoms with Gasteiger partial charge in [-0.05, 0) is 6.42 Å². The lowest BCUT2D eigenvalue weighted by molar-refractivity contribution is -0.0979. The van der Waals surface area contributed by atoms with Crippen LogP contribution in [0.2, 0.25) is 0 Å². The van der Waals surface area contributed by atoms with Gasteiger partial charge in [-0.25, -0.2) is 4.79 Å². The molecule has 0 aromatic rings. The molecule has 0 aromatic carbocycles. The Hall–Kier alpha value is -1.06. The van der Waals surface area contributed by atoms with E-state index in [9.17, 15) is 4.79 Å². The maximum Gasteiger partial charge on any atom is 0.404 e. The number of ether oxygens (including phenoxy) is 1. The Morgan fingerprint density at radius 1 is 1.67 bits per heavy atom. The van der Waals surface area contributed by atoms with E-state index in [0.29, 0.717) is 6.61 Å². The predicted molar refractivity (Wildman–Crippen MR) is 32.9 cm³/mol. The molecule has 0 fully saturated rings. The minimum absolute atomic E-state index is 0.426. The molecular formula is C5H11NO3.